The van der Waals surface area contributed by atoms with Crippen molar-refractivity contribution in [3.8, 4) is 10.6 Å². The van der Waals surface area contributed by atoms with Crippen molar-refractivity contribution in [3.05, 3.63) is 39.9 Å². The normalized spacial score (nSPS) is 12.9. The largest absolute Gasteiger partial charge is 0.387 e. The van der Waals surface area contributed by atoms with Gasteiger partial charge in [-0.05, 0) is 39.6 Å². The molecule has 2 rings (SSSR count). The first-order valence-corrected chi connectivity index (χ1v) is 7.73. The Kier molecular flexibility index (Phi) is 5.16. The van der Waals surface area contributed by atoms with Gasteiger partial charge in [0, 0.05) is 17.1 Å². The van der Waals surface area contributed by atoms with Gasteiger partial charge < -0.3 is 10.0 Å². The summed E-state index contributed by atoms with van der Waals surface area (Å²) in [6, 6.07) is 7.62. The van der Waals surface area contributed by atoms with Crippen LogP contribution in [-0.4, -0.2) is 35.6 Å². The fourth-order valence-corrected chi connectivity index (χ4v) is 3.16. The minimum absolute atomic E-state index is 0.448. The summed E-state index contributed by atoms with van der Waals surface area (Å²) < 4.78 is 0. The van der Waals surface area contributed by atoms with Gasteiger partial charge in [-0.3, -0.25) is 0 Å². The molecule has 20 heavy (non-hydrogen) atoms. The Hall–Kier alpha value is -0.940. The SMILES string of the molecule is Cc1nc(-c2ccc(Cl)cc2)sc1C(O)CCN(C)C. The molecule has 0 saturated heterocycles. The van der Waals surface area contributed by atoms with Crippen molar-refractivity contribution in [2.24, 2.45) is 0 Å². The maximum absolute atomic E-state index is 10.3. The quantitative estimate of drug-likeness (QED) is 0.913. The van der Waals surface area contributed by atoms with E-state index in [1.807, 2.05) is 45.3 Å². The Morgan fingerprint density at radius 1 is 1.30 bits per heavy atom. The molecule has 0 aliphatic rings. The van der Waals surface area contributed by atoms with E-state index in [1.165, 1.54) is 0 Å². The maximum Gasteiger partial charge on any atom is 0.123 e. The van der Waals surface area contributed by atoms with Gasteiger partial charge in [0.2, 0.25) is 0 Å². The molecule has 1 aromatic heterocycles. The van der Waals surface area contributed by atoms with Crippen molar-refractivity contribution in [1.82, 2.24) is 9.88 Å². The van der Waals surface area contributed by atoms with Crippen LogP contribution in [-0.2, 0) is 0 Å². The van der Waals surface area contributed by atoms with Crippen LogP contribution in [0.5, 0.6) is 0 Å². The summed E-state index contributed by atoms with van der Waals surface area (Å²) in [6.07, 6.45) is 0.270. The number of aliphatic hydroxyl groups excluding tert-OH is 1. The predicted molar refractivity (Wildman–Crippen MR) is 85.4 cm³/mol. The van der Waals surface area contributed by atoms with E-state index >= 15 is 0 Å². The molecule has 108 valence electrons. The minimum atomic E-state index is -0.448. The third-order valence-corrected chi connectivity index (χ3v) is 4.64. The molecule has 1 atom stereocenters. The summed E-state index contributed by atoms with van der Waals surface area (Å²) >= 11 is 7.45. The van der Waals surface area contributed by atoms with E-state index in [2.05, 4.69) is 9.88 Å². The van der Waals surface area contributed by atoms with E-state index in [1.54, 1.807) is 11.3 Å². The van der Waals surface area contributed by atoms with Crippen molar-refractivity contribution in [2.75, 3.05) is 20.6 Å². The highest BCUT2D eigenvalue weighted by Crippen LogP contribution is 2.33. The Morgan fingerprint density at radius 3 is 2.55 bits per heavy atom. The third-order valence-electron chi connectivity index (χ3n) is 3.08. The average Bonchev–Trinajstić information content (AvgIpc) is 2.79. The van der Waals surface area contributed by atoms with Crippen molar-refractivity contribution in [1.29, 1.82) is 0 Å². The molecule has 1 heterocycles. The Bertz CT molecular complexity index is 566. The van der Waals surface area contributed by atoms with E-state index in [0.717, 1.165) is 34.1 Å². The van der Waals surface area contributed by atoms with Gasteiger partial charge in [-0.2, -0.15) is 0 Å². The van der Waals surface area contributed by atoms with Gasteiger partial charge in [0.05, 0.1) is 16.7 Å². The summed E-state index contributed by atoms with van der Waals surface area (Å²) in [7, 11) is 4.01. The number of aromatic nitrogens is 1. The number of thiazole rings is 1. The Balaban J connectivity index is 2.18. The highest BCUT2D eigenvalue weighted by Gasteiger charge is 2.16. The second-order valence-electron chi connectivity index (χ2n) is 5.08. The molecular weight excluding hydrogens is 292 g/mol. The second kappa shape index (κ2) is 6.68. The summed E-state index contributed by atoms with van der Waals surface area (Å²) in [5.41, 5.74) is 1.94. The van der Waals surface area contributed by atoms with Gasteiger partial charge >= 0.3 is 0 Å². The van der Waals surface area contributed by atoms with Crippen LogP contribution in [0.25, 0.3) is 10.6 Å². The Labute approximate surface area is 128 Å². The fourth-order valence-electron chi connectivity index (χ4n) is 1.94. The zero-order chi connectivity index (χ0) is 14.7. The zero-order valence-electron chi connectivity index (χ0n) is 11.9. The summed E-state index contributed by atoms with van der Waals surface area (Å²) in [6.45, 7) is 2.80. The van der Waals surface area contributed by atoms with Crippen LogP contribution in [0.3, 0.4) is 0 Å². The van der Waals surface area contributed by atoms with Crippen LogP contribution in [0.15, 0.2) is 24.3 Å². The molecule has 0 amide bonds. The minimum Gasteiger partial charge on any atom is -0.387 e. The number of hydrogen-bond acceptors (Lipinski definition) is 4. The molecule has 3 nitrogen and oxygen atoms in total. The molecule has 0 spiro atoms. The molecule has 0 bridgehead atoms. The molecule has 1 unspecified atom stereocenters. The highest BCUT2D eigenvalue weighted by molar-refractivity contribution is 7.15. The molecule has 0 radical (unpaired) electrons. The first kappa shape index (κ1) is 15.4. The number of halogens is 1. The maximum atomic E-state index is 10.3. The number of benzene rings is 1. The lowest BCUT2D eigenvalue weighted by Crippen LogP contribution is -2.15. The lowest BCUT2D eigenvalue weighted by atomic mass is 10.2. The molecule has 2 aromatic rings. The van der Waals surface area contributed by atoms with Gasteiger partial charge in [0.1, 0.15) is 5.01 Å². The number of rotatable bonds is 5. The van der Waals surface area contributed by atoms with Crippen LogP contribution in [0, 0.1) is 6.92 Å². The van der Waals surface area contributed by atoms with E-state index < -0.39 is 6.10 Å². The highest BCUT2D eigenvalue weighted by atomic mass is 35.5. The smallest absolute Gasteiger partial charge is 0.123 e. The summed E-state index contributed by atoms with van der Waals surface area (Å²) in [5.74, 6) is 0. The molecule has 0 aliphatic carbocycles. The molecule has 1 aromatic carbocycles. The lowest BCUT2D eigenvalue weighted by molar-refractivity contribution is 0.157. The molecule has 1 N–H and O–H groups in total. The van der Waals surface area contributed by atoms with Gasteiger partial charge in [-0.1, -0.05) is 23.7 Å². The van der Waals surface area contributed by atoms with Crippen molar-refractivity contribution in [3.63, 3.8) is 0 Å². The second-order valence-corrected chi connectivity index (χ2v) is 6.55. The van der Waals surface area contributed by atoms with Gasteiger partial charge in [0.25, 0.3) is 0 Å². The molecule has 5 heteroatoms. The monoisotopic (exact) mass is 310 g/mol. The molecule has 0 saturated carbocycles. The van der Waals surface area contributed by atoms with E-state index in [0.29, 0.717) is 5.02 Å². The topological polar surface area (TPSA) is 36.4 Å². The Morgan fingerprint density at radius 2 is 1.95 bits per heavy atom. The number of aryl methyl sites for hydroxylation is 1. The van der Waals surface area contributed by atoms with E-state index in [-0.39, 0.29) is 0 Å². The summed E-state index contributed by atoms with van der Waals surface area (Å²) in [4.78, 5) is 7.59. The fraction of sp³-hybridized carbons (Fsp3) is 0.400. The number of aliphatic hydroxyl groups is 1. The first-order valence-electron chi connectivity index (χ1n) is 6.53. The zero-order valence-corrected chi connectivity index (χ0v) is 13.5. The first-order chi connectivity index (χ1) is 9.47. The van der Waals surface area contributed by atoms with Gasteiger partial charge in [-0.15, -0.1) is 11.3 Å². The standard InChI is InChI=1S/C15H19ClN2OS/c1-10-14(13(19)8-9-18(2)3)20-15(17-10)11-4-6-12(16)7-5-11/h4-7,13,19H,8-9H2,1-3H3. The van der Waals surface area contributed by atoms with Crippen LogP contribution in [0.1, 0.15) is 23.1 Å². The summed E-state index contributed by atoms with van der Waals surface area (Å²) in [5, 5.41) is 11.9. The van der Waals surface area contributed by atoms with Crippen molar-refractivity contribution < 1.29 is 5.11 Å². The lowest BCUT2D eigenvalue weighted by Gasteiger charge is -2.13. The number of hydrogen-bond donors (Lipinski definition) is 1. The molecule has 0 fully saturated rings. The third kappa shape index (κ3) is 3.79. The predicted octanol–water partition coefficient (Wildman–Crippen LogP) is 3.76. The van der Waals surface area contributed by atoms with Crippen LogP contribution < -0.4 is 0 Å². The van der Waals surface area contributed by atoms with Crippen LogP contribution in [0.4, 0.5) is 0 Å². The average molecular weight is 311 g/mol. The van der Waals surface area contributed by atoms with Gasteiger partial charge in [-0.25, -0.2) is 4.98 Å². The molecule has 0 aliphatic heterocycles. The van der Waals surface area contributed by atoms with Crippen molar-refractivity contribution >= 4 is 22.9 Å². The molecular formula is C15H19ClN2OS. The number of nitrogens with zero attached hydrogens (tertiary/aromatic N) is 2. The van der Waals surface area contributed by atoms with Crippen LogP contribution >= 0.6 is 22.9 Å². The van der Waals surface area contributed by atoms with Crippen molar-refractivity contribution in [2.45, 2.75) is 19.4 Å². The van der Waals surface area contributed by atoms with Crippen LogP contribution in [0.2, 0.25) is 5.02 Å². The van der Waals surface area contributed by atoms with E-state index in [9.17, 15) is 5.11 Å². The van der Waals surface area contributed by atoms with E-state index in [4.69, 9.17) is 11.6 Å². The van der Waals surface area contributed by atoms with Gasteiger partial charge in [0.15, 0.2) is 0 Å².